The fourth-order valence-corrected chi connectivity index (χ4v) is 4.86. The molecule has 0 atom stereocenters. The highest BCUT2D eigenvalue weighted by molar-refractivity contribution is 7.99. The van der Waals surface area contributed by atoms with Gasteiger partial charge in [-0.15, -0.1) is 10.2 Å². The van der Waals surface area contributed by atoms with Gasteiger partial charge < -0.3 is 9.88 Å². The summed E-state index contributed by atoms with van der Waals surface area (Å²) in [6, 6.07) is 16.5. The molecule has 0 saturated heterocycles. The highest BCUT2D eigenvalue weighted by Crippen LogP contribution is 2.33. The highest BCUT2D eigenvalue weighted by Gasteiger charge is 2.23. The molecular weight excluding hydrogens is 426 g/mol. The maximum Gasteiger partial charge on any atom is 0.271 e. The minimum absolute atomic E-state index is 0.0574. The van der Waals surface area contributed by atoms with E-state index in [1.54, 1.807) is 12.1 Å². The van der Waals surface area contributed by atoms with Crippen LogP contribution in [0.3, 0.4) is 0 Å². The molecule has 1 amide bonds. The first-order valence-electron chi connectivity index (χ1n) is 10.7. The van der Waals surface area contributed by atoms with Crippen LogP contribution in [-0.4, -0.2) is 31.3 Å². The van der Waals surface area contributed by atoms with Gasteiger partial charge in [-0.25, -0.2) is 0 Å². The van der Waals surface area contributed by atoms with E-state index in [0.29, 0.717) is 18.2 Å². The van der Waals surface area contributed by atoms with Gasteiger partial charge in [0, 0.05) is 30.3 Å². The number of rotatable bonds is 8. The van der Waals surface area contributed by atoms with Crippen LogP contribution in [0.15, 0.2) is 59.8 Å². The molecule has 9 heteroatoms. The molecule has 8 nitrogen and oxygen atoms in total. The van der Waals surface area contributed by atoms with Crippen LogP contribution in [0.1, 0.15) is 49.5 Å². The molecule has 1 N–H and O–H groups in total. The lowest BCUT2D eigenvalue weighted by Gasteiger charge is -2.25. The molecule has 1 aliphatic rings. The number of nitro benzene ring substituents is 1. The topological polar surface area (TPSA) is 103 Å². The Labute approximate surface area is 190 Å². The van der Waals surface area contributed by atoms with Crippen molar-refractivity contribution >= 4 is 29.0 Å². The minimum Gasteiger partial charge on any atom is -0.325 e. The van der Waals surface area contributed by atoms with Crippen molar-refractivity contribution < 1.29 is 9.72 Å². The van der Waals surface area contributed by atoms with Crippen molar-refractivity contribution in [3.05, 3.63) is 76.1 Å². The third-order valence-corrected chi connectivity index (χ3v) is 6.50. The van der Waals surface area contributed by atoms with Crippen molar-refractivity contribution in [3.63, 3.8) is 0 Å². The van der Waals surface area contributed by atoms with Crippen LogP contribution in [0.25, 0.3) is 0 Å². The molecule has 4 rings (SSSR count). The van der Waals surface area contributed by atoms with E-state index in [-0.39, 0.29) is 17.3 Å². The van der Waals surface area contributed by atoms with Crippen LogP contribution in [0.5, 0.6) is 0 Å². The maximum absolute atomic E-state index is 12.5. The zero-order valence-corrected chi connectivity index (χ0v) is 18.5. The Kier molecular flexibility index (Phi) is 7.16. The maximum atomic E-state index is 12.5. The van der Waals surface area contributed by atoms with Crippen LogP contribution >= 0.6 is 11.8 Å². The number of aromatic nitrogens is 3. The van der Waals surface area contributed by atoms with Gasteiger partial charge in [0.05, 0.1) is 10.7 Å². The first-order valence-corrected chi connectivity index (χ1v) is 11.7. The Morgan fingerprint density at radius 1 is 1.09 bits per heavy atom. The Hall–Kier alpha value is -3.20. The Bertz CT molecular complexity index is 1080. The van der Waals surface area contributed by atoms with E-state index in [2.05, 4.69) is 32.2 Å². The number of non-ortho nitro benzene ring substituents is 1. The Balaban J connectivity index is 1.47. The summed E-state index contributed by atoms with van der Waals surface area (Å²) in [6.07, 6.45) is 6.50. The number of amides is 1. The monoisotopic (exact) mass is 451 g/mol. The van der Waals surface area contributed by atoms with Gasteiger partial charge >= 0.3 is 0 Å². The van der Waals surface area contributed by atoms with Crippen LogP contribution in [-0.2, 0) is 11.2 Å². The third kappa shape index (κ3) is 5.53. The van der Waals surface area contributed by atoms with Crippen LogP contribution in [0, 0.1) is 10.1 Å². The predicted molar refractivity (Wildman–Crippen MR) is 124 cm³/mol. The second-order valence-electron chi connectivity index (χ2n) is 7.87. The van der Waals surface area contributed by atoms with Crippen molar-refractivity contribution in [1.82, 2.24) is 14.8 Å². The lowest BCUT2D eigenvalue weighted by atomic mass is 9.95. The second kappa shape index (κ2) is 10.4. The second-order valence-corrected chi connectivity index (χ2v) is 8.81. The average Bonchev–Trinajstić information content (AvgIpc) is 3.21. The van der Waals surface area contributed by atoms with Gasteiger partial charge in [-0.3, -0.25) is 14.9 Å². The molecule has 1 heterocycles. The normalized spacial score (nSPS) is 14.2. The van der Waals surface area contributed by atoms with Crippen LogP contribution in [0.2, 0.25) is 0 Å². The standard InChI is InChI=1S/C23H25N5O3S/c29-22(24-18-10-7-13-20(15-18)28(30)31)16-32-23-26-25-21(14-17-8-3-1-4-9-17)27(23)19-11-5-2-6-12-19/h1,3-4,7-10,13,15,19H,2,5-6,11-12,14,16H2,(H,24,29). The van der Waals surface area contributed by atoms with E-state index in [0.717, 1.165) is 23.8 Å². The number of hydrogen-bond donors (Lipinski definition) is 1. The summed E-state index contributed by atoms with van der Waals surface area (Å²) in [5.41, 5.74) is 1.53. The van der Waals surface area contributed by atoms with Crippen molar-refractivity contribution in [3.8, 4) is 0 Å². The molecule has 3 aromatic rings. The molecule has 0 aliphatic heterocycles. The number of carbonyl (C=O) groups excluding carboxylic acids is 1. The van der Waals surface area contributed by atoms with Gasteiger partial charge in [0.25, 0.3) is 5.69 Å². The fourth-order valence-electron chi connectivity index (χ4n) is 4.04. The predicted octanol–water partition coefficient (Wildman–Crippen LogP) is 5.01. The largest absolute Gasteiger partial charge is 0.325 e. The molecule has 32 heavy (non-hydrogen) atoms. The van der Waals surface area contributed by atoms with Gasteiger partial charge in [-0.2, -0.15) is 0 Å². The van der Waals surface area contributed by atoms with Gasteiger partial charge in [-0.05, 0) is 24.5 Å². The molecule has 0 spiro atoms. The molecule has 0 bridgehead atoms. The first-order chi connectivity index (χ1) is 15.6. The number of carbonyl (C=O) groups is 1. The summed E-state index contributed by atoms with van der Waals surface area (Å²) in [5, 5.41) is 23.3. The number of benzene rings is 2. The molecule has 1 aromatic heterocycles. The van der Waals surface area contributed by atoms with E-state index in [1.807, 2.05) is 18.2 Å². The molecule has 0 unspecified atom stereocenters. The van der Waals surface area contributed by atoms with E-state index < -0.39 is 4.92 Å². The number of hydrogen-bond acceptors (Lipinski definition) is 6. The van der Waals surface area contributed by atoms with Crippen molar-refractivity contribution in [2.24, 2.45) is 0 Å². The van der Waals surface area contributed by atoms with Crippen molar-refractivity contribution in [2.45, 2.75) is 49.7 Å². The van der Waals surface area contributed by atoms with Gasteiger partial charge in [0.15, 0.2) is 5.16 Å². The SMILES string of the molecule is O=C(CSc1nnc(Cc2ccccc2)n1C1CCCCC1)Nc1cccc([N+](=O)[O-])c1. The molecular formula is C23H25N5O3S. The smallest absolute Gasteiger partial charge is 0.271 e. The number of anilines is 1. The molecule has 2 aromatic carbocycles. The first kappa shape index (κ1) is 22.0. The van der Waals surface area contributed by atoms with E-state index in [9.17, 15) is 14.9 Å². The van der Waals surface area contributed by atoms with Crippen molar-refractivity contribution in [2.75, 3.05) is 11.1 Å². The Morgan fingerprint density at radius 2 is 1.88 bits per heavy atom. The quantitative estimate of drug-likeness (QED) is 0.293. The summed E-state index contributed by atoms with van der Waals surface area (Å²) in [6.45, 7) is 0. The number of nitrogens with zero attached hydrogens (tertiary/aromatic N) is 4. The lowest BCUT2D eigenvalue weighted by Crippen LogP contribution is -2.18. The van der Waals surface area contributed by atoms with E-state index >= 15 is 0 Å². The summed E-state index contributed by atoms with van der Waals surface area (Å²) < 4.78 is 2.22. The third-order valence-electron chi connectivity index (χ3n) is 5.55. The minimum atomic E-state index is -0.481. The van der Waals surface area contributed by atoms with Crippen molar-refractivity contribution in [1.29, 1.82) is 0 Å². The number of nitrogens with one attached hydrogen (secondary N) is 1. The molecule has 1 fully saturated rings. The number of nitro groups is 1. The molecule has 166 valence electrons. The zero-order valence-electron chi connectivity index (χ0n) is 17.6. The molecule has 1 aliphatic carbocycles. The summed E-state index contributed by atoms with van der Waals surface area (Å²) >= 11 is 1.35. The van der Waals surface area contributed by atoms with E-state index in [4.69, 9.17) is 0 Å². The summed E-state index contributed by atoms with van der Waals surface area (Å²) in [5.74, 6) is 0.835. The zero-order chi connectivity index (χ0) is 22.3. The molecule has 1 saturated carbocycles. The fraction of sp³-hybridized carbons (Fsp3) is 0.348. The average molecular weight is 452 g/mol. The van der Waals surface area contributed by atoms with Gasteiger partial charge in [0.1, 0.15) is 5.82 Å². The summed E-state index contributed by atoms with van der Waals surface area (Å²) in [4.78, 5) is 23.0. The lowest BCUT2D eigenvalue weighted by molar-refractivity contribution is -0.384. The van der Waals surface area contributed by atoms with Gasteiger partial charge in [0.2, 0.25) is 5.91 Å². The van der Waals surface area contributed by atoms with Crippen LogP contribution in [0.4, 0.5) is 11.4 Å². The van der Waals surface area contributed by atoms with Crippen LogP contribution < -0.4 is 5.32 Å². The van der Waals surface area contributed by atoms with E-state index in [1.165, 1.54) is 48.7 Å². The number of thioether (sulfide) groups is 1. The Morgan fingerprint density at radius 3 is 2.62 bits per heavy atom. The highest BCUT2D eigenvalue weighted by atomic mass is 32.2. The molecule has 0 radical (unpaired) electrons. The summed E-state index contributed by atoms with van der Waals surface area (Å²) in [7, 11) is 0. The van der Waals surface area contributed by atoms with Gasteiger partial charge in [-0.1, -0.05) is 67.4 Å².